The smallest absolute Gasteiger partial charge is 0.116 e. The molecule has 10 atom stereocenters. The average molecular weight is 476 g/mol. The van der Waals surface area contributed by atoms with Crippen LogP contribution in [0.15, 0.2) is 0 Å². The molecule has 2 saturated heterocycles. The monoisotopic (exact) mass is 475 g/mol. The predicted octanol–water partition coefficient (Wildman–Crippen LogP) is 3.67. The molecule has 5 nitrogen and oxygen atoms in total. The Morgan fingerprint density at radius 3 is 2.35 bits per heavy atom. The van der Waals surface area contributed by atoms with E-state index in [1.807, 2.05) is 0 Å². The lowest BCUT2D eigenvalue weighted by atomic mass is 9.44. The molecule has 4 saturated carbocycles. The van der Waals surface area contributed by atoms with Crippen molar-refractivity contribution in [2.75, 3.05) is 46.4 Å². The van der Waals surface area contributed by atoms with Crippen molar-refractivity contribution in [3.05, 3.63) is 0 Å². The number of aliphatic hydroxyl groups is 2. The molecule has 0 bridgehead atoms. The summed E-state index contributed by atoms with van der Waals surface area (Å²) < 4.78 is 6.75. The molecular formula is C29H51N2O3+. The Hall–Kier alpha value is -0.200. The van der Waals surface area contributed by atoms with Crippen LogP contribution in [-0.2, 0) is 4.74 Å². The quantitative estimate of drug-likeness (QED) is 0.599. The van der Waals surface area contributed by atoms with Crippen LogP contribution < -0.4 is 0 Å². The van der Waals surface area contributed by atoms with Crippen LogP contribution in [0.1, 0.15) is 78.1 Å². The standard InChI is InChI=1S/C29H51N2O3/c1-28-10-9-22-21(23(28)18-25(27(28)33)31(3)13-5-4-6-14-31)8-7-20-17-26(32)24(19-29(20,22)2)30-11-15-34-16-12-30/h20-27,32-33H,4-19H2,1-3H3/q+1/t20-,21+,22-,23-,24-,25-,26-,27-,28-,29-/m0/s1. The van der Waals surface area contributed by atoms with Gasteiger partial charge in [0, 0.05) is 31.0 Å². The van der Waals surface area contributed by atoms with Crippen molar-refractivity contribution in [1.82, 2.24) is 4.90 Å². The van der Waals surface area contributed by atoms with Crippen molar-refractivity contribution in [2.24, 2.45) is 34.5 Å². The second-order valence-corrected chi connectivity index (χ2v) is 14.2. The summed E-state index contributed by atoms with van der Waals surface area (Å²) in [7, 11) is 2.46. The highest BCUT2D eigenvalue weighted by molar-refractivity contribution is 5.13. The van der Waals surface area contributed by atoms with Crippen LogP contribution in [0.5, 0.6) is 0 Å². The van der Waals surface area contributed by atoms with E-state index in [1.165, 1.54) is 64.5 Å². The number of morpholine rings is 1. The largest absolute Gasteiger partial charge is 0.391 e. The van der Waals surface area contributed by atoms with E-state index in [-0.39, 0.29) is 17.6 Å². The molecule has 0 aromatic rings. The summed E-state index contributed by atoms with van der Waals surface area (Å²) in [6, 6.07) is 0.741. The van der Waals surface area contributed by atoms with Gasteiger partial charge in [-0.25, -0.2) is 0 Å². The third-order valence-electron chi connectivity index (χ3n) is 12.8. The van der Waals surface area contributed by atoms with Gasteiger partial charge in [-0.3, -0.25) is 4.90 Å². The minimum atomic E-state index is -0.178. The van der Waals surface area contributed by atoms with E-state index < -0.39 is 0 Å². The van der Waals surface area contributed by atoms with Gasteiger partial charge in [-0.2, -0.15) is 0 Å². The maximum absolute atomic E-state index is 11.8. The molecule has 6 aliphatic rings. The van der Waals surface area contributed by atoms with E-state index >= 15 is 0 Å². The van der Waals surface area contributed by atoms with E-state index in [0.29, 0.717) is 29.3 Å². The molecule has 0 radical (unpaired) electrons. The number of quaternary nitrogens is 1. The Morgan fingerprint density at radius 2 is 1.62 bits per heavy atom. The molecule has 6 rings (SSSR count). The lowest BCUT2D eigenvalue weighted by Gasteiger charge is -2.62. The number of fused-ring (bicyclic) bond motifs is 5. The summed E-state index contributed by atoms with van der Waals surface area (Å²) in [6.45, 7) is 11.2. The number of hydrogen-bond acceptors (Lipinski definition) is 4. The van der Waals surface area contributed by atoms with Crippen molar-refractivity contribution >= 4 is 0 Å². The van der Waals surface area contributed by atoms with Crippen LogP contribution in [0.4, 0.5) is 0 Å². The fourth-order valence-corrected chi connectivity index (χ4v) is 10.7. The van der Waals surface area contributed by atoms with E-state index in [0.717, 1.165) is 55.5 Å². The third-order valence-corrected chi connectivity index (χ3v) is 12.8. The molecule has 6 fully saturated rings. The van der Waals surface area contributed by atoms with Gasteiger partial charge < -0.3 is 19.4 Å². The molecule has 2 aliphatic heterocycles. The molecule has 0 amide bonds. The normalized spacial score (nSPS) is 53.6. The van der Waals surface area contributed by atoms with Crippen LogP contribution in [0.3, 0.4) is 0 Å². The fraction of sp³-hybridized carbons (Fsp3) is 1.00. The molecule has 2 N–H and O–H groups in total. The van der Waals surface area contributed by atoms with Gasteiger partial charge in [-0.05, 0) is 86.9 Å². The van der Waals surface area contributed by atoms with E-state index in [9.17, 15) is 10.2 Å². The highest BCUT2D eigenvalue weighted by atomic mass is 16.5. The summed E-state index contributed by atoms with van der Waals surface area (Å²) in [6.07, 6.45) is 12.2. The second kappa shape index (κ2) is 8.68. The molecule has 0 spiro atoms. The number of likely N-dealkylation sites (tertiary alicyclic amines) is 1. The zero-order valence-corrected chi connectivity index (χ0v) is 22.1. The van der Waals surface area contributed by atoms with E-state index in [2.05, 4.69) is 25.8 Å². The van der Waals surface area contributed by atoms with Crippen LogP contribution in [0.2, 0.25) is 0 Å². The Kier molecular flexibility index (Phi) is 6.17. The topological polar surface area (TPSA) is 52.9 Å². The molecule has 0 aromatic carbocycles. The van der Waals surface area contributed by atoms with E-state index in [4.69, 9.17) is 4.74 Å². The van der Waals surface area contributed by atoms with Gasteiger partial charge in [0.2, 0.25) is 0 Å². The number of piperidine rings is 1. The van der Waals surface area contributed by atoms with Gasteiger partial charge in [-0.1, -0.05) is 13.8 Å². The van der Waals surface area contributed by atoms with Gasteiger partial charge in [-0.15, -0.1) is 0 Å². The minimum Gasteiger partial charge on any atom is -0.391 e. The Labute approximate surface area is 207 Å². The third kappa shape index (κ3) is 3.58. The van der Waals surface area contributed by atoms with Crippen LogP contribution in [-0.4, -0.2) is 90.3 Å². The number of ether oxygens (including phenoxy) is 1. The Bertz CT molecular complexity index is 750. The number of likely N-dealkylation sites (N-methyl/N-ethyl adjacent to an activating group) is 1. The van der Waals surface area contributed by atoms with Crippen molar-refractivity contribution < 1.29 is 19.4 Å². The molecule has 0 aromatic heterocycles. The van der Waals surface area contributed by atoms with Crippen LogP contribution in [0.25, 0.3) is 0 Å². The molecule has 4 aliphatic carbocycles. The number of nitrogens with zero attached hydrogens (tertiary/aromatic N) is 2. The molecular weight excluding hydrogens is 424 g/mol. The fourth-order valence-electron chi connectivity index (χ4n) is 10.7. The van der Waals surface area contributed by atoms with Crippen LogP contribution in [0, 0.1) is 34.5 Å². The van der Waals surface area contributed by atoms with Crippen LogP contribution >= 0.6 is 0 Å². The van der Waals surface area contributed by atoms with Crippen molar-refractivity contribution in [3.8, 4) is 0 Å². The number of aliphatic hydroxyl groups excluding tert-OH is 2. The summed E-state index contributed by atoms with van der Waals surface area (Å²) in [5, 5.41) is 23.0. The first-order valence-corrected chi connectivity index (χ1v) is 14.8. The zero-order valence-electron chi connectivity index (χ0n) is 22.1. The predicted molar refractivity (Wildman–Crippen MR) is 134 cm³/mol. The lowest BCUT2D eigenvalue weighted by Crippen LogP contribution is -2.61. The average Bonchev–Trinajstić information content (AvgIpc) is 3.12. The first kappa shape index (κ1) is 24.2. The minimum absolute atomic E-state index is 0.103. The second-order valence-electron chi connectivity index (χ2n) is 14.2. The van der Waals surface area contributed by atoms with E-state index in [1.54, 1.807) is 0 Å². The summed E-state index contributed by atoms with van der Waals surface area (Å²) in [5.74, 6) is 2.86. The number of rotatable bonds is 2. The summed E-state index contributed by atoms with van der Waals surface area (Å²) in [5.41, 5.74) is 0.435. The maximum atomic E-state index is 11.8. The van der Waals surface area contributed by atoms with Crippen molar-refractivity contribution in [2.45, 2.75) is 102 Å². The van der Waals surface area contributed by atoms with Crippen molar-refractivity contribution in [1.29, 1.82) is 0 Å². The molecule has 0 unspecified atom stereocenters. The zero-order chi connectivity index (χ0) is 23.7. The van der Waals surface area contributed by atoms with Gasteiger partial charge in [0.25, 0.3) is 0 Å². The molecule has 34 heavy (non-hydrogen) atoms. The summed E-state index contributed by atoms with van der Waals surface area (Å²) in [4.78, 5) is 2.54. The summed E-state index contributed by atoms with van der Waals surface area (Å²) >= 11 is 0. The van der Waals surface area contributed by atoms with Gasteiger partial charge in [0.1, 0.15) is 12.1 Å². The Balaban J connectivity index is 1.25. The highest BCUT2D eigenvalue weighted by Gasteiger charge is 2.65. The number of hydrogen-bond donors (Lipinski definition) is 2. The van der Waals surface area contributed by atoms with Gasteiger partial charge in [0.15, 0.2) is 0 Å². The van der Waals surface area contributed by atoms with Crippen molar-refractivity contribution in [3.63, 3.8) is 0 Å². The van der Waals surface area contributed by atoms with Gasteiger partial charge in [0.05, 0.1) is 39.5 Å². The van der Waals surface area contributed by atoms with Gasteiger partial charge >= 0.3 is 0 Å². The maximum Gasteiger partial charge on any atom is 0.116 e. The highest BCUT2D eigenvalue weighted by Crippen LogP contribution is 2.67. The molecule has 2 heterocycles. The first-order chi connectivity index (χ1) is 16.3. The SMILES string of the molecule is C[C@]12C[C@H](N3CCOCC3)[C@@H](O)C[C@@H]1CC[C@@H]1[C@@H]2CC[C@]2(C)[C@@H](O)[C@@H]([N+]3(C)CCCCC3)C[C@@H]12. The lowest BCUT2D eigenvalue weighted by molar-refractivity contribution is -0.940. The Morgan fingerprint density at radius 1 is 0.882 bits per heavy atom. The first-order valence-electron chi connectivity index (χ1n) is 14.8. The molecule has 194 valence electrons. The molecule has 5 heteroatoms.